The topological polar surface area (TPSA) is 85.4 Å². The Kier molecular flexibility index (Phi) is 4.82. The van der Waals surface area contributed by atoms with Gasteiger partial charge in [-0.3, -0.25) is 4.72 Å². The molecule has 1 heterocycles. The highest BCUT2D eigenvalue weighted by Crippen LogP contribution is 2.25. The van der Waals surface area contributed by atoms with Gasteiger partial charge >= 0.3 is 5.97 Å². The summed E-state index contributed by atoms with van der Waals surface area (Å²) in [5, 5.41) is 0.140. The molecule has 6 nitrogen and oxygen atoms in total. The normalized spacial score (nSPS) is 11.2. The lowest BCUT2D eigenvalue weighted by atomic mass is 10.2. The van der Waals surface area contributed by atoms with E-state index in [4.69, 9.17) is 4.74 Å². The molecule has 0 aliphatic carbocycles. The minimum atomic E-state index is -3.73. The standard InChI is InChI=1S/C14H16N2O4S2/c1-4-20-13(17)12-10(3)21-14(15-12)16-22(18,19)11-7-5-9(2)6-8-11/h5-8H,4H2,1-3H3,(H,15,16). The Bertz CT molecular complexity index is 780. The lowest BCUT2D eigenvalue weighted by Gasteiger charge is -2.05. The van der Waals surface area contributed by atoms with E-state index in [-0.39, 0.29) is 22.3 Å². The number of aryl methyl sites for hydroxylation is 2. The average molecular weight is 340 g/mol. The number of carbonyl (C=O) groups is 1. The van der Waals surface area contributed by atoms with Gasteiger partial charge in [0, 0.05) is 4.88 Å². The van der Waals surface area contributed by atoms with Crippen LogP contribution in [0.1, 0.15) is 27.9 Å². The van der Waals surface area contributed by atoms with E-state index >= 15 is 0 Å². The molecule has 1 aromatic heterocycles. The number of hydrogen-bond donors (Lipinski definition) is 1. The smallest absolute Gasteiger partial charge is 0.358 e. The van der Waals surface area contributed by atoms with Crippen molar-refractivity contribution in [1.29, 1.82) is 0 Å². The molecule has 0 unspecified atom stereocenters. The van der Waals surface area contributed by atoms with Crippen LogP contribution in [0, 0.1) is 13.8 Å². The fourth-order valence-corrected chi connectivity index (χ4v) is 3.76. The molecule has 2 aromatic rings. The molecule has 2 rings (SSSR count). The Hall–Kier alpha value is -1.93. The van der Waals surface area contributed by atoms with Crippen LogP contribution in [0.5, 0.6) is 0 Å². The Morgan fingerprint density at radius 3 is 2.50 bits per heavy atom. The van der Waals surface area contributed by atoms with Gasteiger partial charge in [0.05, 0.1) is 11.5 Å². The second kappa shape index (κ2) is 6.45. The van der Waals surface area contributed by atoms with Gasteiger partial charge in [0.2, 0.25) is 0 Å². The van der Waals surface area contributed by atoms with Gasteiger partial charge in [0.1, 0.15) is 0 Å². The second-order valence-electron chi connectivity index (χ2n) is 4.56. The third kappa shape index (κ3) is 3.63. The molecule has 0 radical (unpaired) electrons. The monoisotopic (exact) mass is 340 g/mol. The number of aromatic nitrogens is 1. The minimum absolute atomic E-state index is 0.133. The fourth-order valence-electron chi connectivity index (χ4n) is 1.72. The maximum atomic E-state index is 12.3. The van der Waals surface area contributed by atoms with Crippen molar-refractivity contribution in [3.8, 4) is 0 Å². The molecule has 0 aliphatic rings. The molecule has 1 aromatic carbocycles. The quantitative estimate of drug-likeness (QED) is 0.846. The summed E-state index contributed by atoms with van der Waals surface area (Å²) in [7, 11) is -3.73. The Morgan fingerprint density at radius 2 is 1.91 bits per heavy atom. The van der Waals surface area contributed by atoms with E-state index in [0.717, 1.165) is 16.9 Å². The summed E-state index contributed by atoms with van der Waals surface area (Å²) >= 11 is 1.09. The zero-order chi connectivity index (χ0) is 16.3. The van der Waals surface area contributed by atoms with Crippen molar-refractivity contribution >= 4 is 32.5 Å². The first-order chi connectivity index (χ1) is 10.3. The molecule has 0 saturated heterocycles. The Morgan fingerprint density at radius 1 is 1.27 bits per heavy atom. The van der Waals surface area contributed by atoms with Crippen molar-refractivity contribution in [3.05, 3.63) is 40.4 Å². The number of nitrogens with one attached hydrogen (secondary N) is 1. The summed E-state index contributed by atoms with van der Waals surface area (Å²) < 4.78 is 31.8. The number of thiazole rings is 1. The van der Waals surface area contributed by atoms with Gasteiger partial charge in [0.15, 0.2) is 10.8 Å². The fraction of sp³-hybridized carbons (Fsp3) is 0.286. The molecule has 0 atom stereocenters. The van der Waals surface area contributed by atoms with E-state index < -0.39 is 16.0 Å². The summed E-state index contributed by atoms with van der Waals surface area (Å²) in [4.78, 5) is 16.4. The van der Waals surface area contributed by atoms with Gasteiger partial charge in [-0.05, 0) is 32.9 Å². The summed E-state index contributed by atoms with van der Waals surface area (Å²) in [5.74, 6) is -0.558. The highest BCUT2D eigenvalue weighted by Gasteiger charge is 2.20. The molecule has 0 amide bonds. The molecule has 1 N–H and O–H groups in total. The molecule has 0 fully saturated rings. The number of anilines is 1. The van der Waals surface area contributed by atoms with Gasteiger partial charge in [0.25, 0.3) is 10.0 Å². The average Bonchev–Trinajstić information content (AvgIpc) is 2.79. The molecule has 0 aliphatic heterocycles. The van der Waals surface area contributed by atoms with Gasteiger partial charge in [-0.15, -0.1) is 11.3 Å². The predicted octanol–water partition coefficient (Wildman–Crippen LogP) is 2.74. The first kappa shape index (κ1) is 16.4. The molecule has 0 spiro atoms. The van der Waals surface area contributed by atoms with Crippen molar-refractivity contribution in [2.24, 2.45) is 0 Å². The minimum Gasteiger partial charge on any atom is -0.461 e. The lowest BCUT2D eigenvalue weighted by Crippen LogP contribution is -2.13. The van der Waals surface area contributed by atoms with Gasteiger partial charge in [-0.2, -0.15) is 0 Å². The van der Waals surface area contributed by atoms with Crippen LogP contribution >= 0.6 is 11.3 Å². The van der Waals surface area contributed by atoms with Crippen LogP contribution in [-0.4, -0.2) is 26.0 Å². The number of hydrogen-bond acceptors (Lipinski definition) is 6. The number of esters is 1. The number of ether oxygens (including phenoxy) is 1. The van der Waals surface area contributed by atoms with Crippen LogP contribution in [0.15, 0.2) is 29.2 Å². The van der Waals surface area contributed by atoms with Crippen LogP contribution in [0.25, 0.3) is 0 Å². The van der Waals surface area contributed by atoms with Gasteiger partial charge in [-0.1, -0.05) is 17.7 Å². The molecule has 0 bridgehead atoms. The zero-order valence-electron chi connectivity index (χ0n) is 12.4. The number of rotatable bonds is 5. The SMILES string of the molecule is CCOC(=O)c1nc(NS(=O)(=O)c2ccc(C)cc2)sc1C. The number of sulfonamides is 1. The van der Waals surface area contributed by atoms with Crippen molar-refractivity contribution in [2.45, 2.75) is 25.7 Å². The summed E-state index contributed by atoms with van der Waals surface area (Å²) in [6.07, 6.45) is 0. The molecular formula is C14H16N2O4S2. The molecule has 8 heteroatoms. The first-order valence-electron chi connectivity index (χ1n) is 6.57. The van der Waals surface area contributed by atoms with E-state index in [2.05, 4.69) is 9.71 Å². The van der Waals surface area contributed by atoms with Crippen LogP contribution in [-0.2, 0) is 14.8 Å². The number of carbonyl (C=O) groups excluding carboxylic acids is 1. The van der Waals surface area contributed by atoms with E-state index in [0.29, 0.717) is 4.88 Å². The maximum Gasteiger partial charge on any atom is 0.358 e. The lowest BCUT2D eigenvalue weighted by molar-refractivity contribution is 0.0519. The molecule has 22 heavy (non-hydrogen) atoms. The Balaban J connectivity index is 2.25. The van der Waals surface area contributed by atoms with Crippen molar-refractivity contribution < 1.29 is 17.9 Å². The van der Waals surface area contributed by atoms with Gasteiger partial charge < -0.3 is 4.74 Å². The van der Waals surface area contributed by atoms with Crippen LogP contribution in [0.2, 0.25) is 0 Å². The molecule has 0 saturated carbocycles. The van der Waals surface area contributed by atoms with Gasteiger partial charge in [-0.25, -0.2) is 18.2 Å². The predicted molar refractivity (Wildman–Crippen MR) is 84.8 cm³/mol. The second-order valence-corrected chi connectivity index (χ2v) is 7.45. The number of benzene rings is 1. The van der Waals surface area contributed by atoms with Crippen LogP contribution in [0.3, 0.4) is 0 Å². The van der Waals surface area contributed by atoms with E-state index in [1.165, 1.54) is 12.1 Å². The van der Waals surface area contributed by atoms with Crippen molar-refractivity contribution in [1.82, 2.24) is 4.98 Å². The van der Waals surface area contributed by atoms with E-state index in [9.17, 15) is 13.2 Å². The highest BCUT2D eigenvalue weighted by molar-refractivity contribution is 7.93. The third-order valence-electron chi connectivity index (χ3n) is 2.82. The van der Waals surface area contributed by atoms with Crippen molar-refractivity contribution in [3.63, 3.8) is 0 Å². The molecular weight excluding hydrogens is 324 g/mol. The summed E-state index contributed by atoms with van der Waals surface area (Å²) in [6, 6.07) is 6.46. The van der Waals surface area contributed by atoms with E-state index in [1.54, 1.807) is 26.0 Å². The largest absolute Gasteiger partial charge is 0.461 e. The molecule has 118 valence electrons. The highest BCUT2D eigenvalue weighted by atomic mass is 32.2. The zero-order valence-corrected chi connectivity index (χ0v) is 14.0. The first-order valence-corrected chi connectivity index (χ1v) is 8.87. The van der Waals surface area contributed by atoms with Crippen LogP contribution < -0.4 is 4.72 Å². The maximum absolute atomic E-state index is 12.3. The number of nitrogens with zero attached hydrogens (tertiary/aromatic N) is 1. The Labute approximate surface area is 133 Å². The van der Waals surface area contributed by atoms with E-state index in [1.807, 2.05) is 6.92 Å². The van der Waals surface area contributed by atoms with Crippen molar-refractivity contribution in [2.75, 3.05) is 11.3 Å². The third-order valence-corrected chi connectivity index (χ3v) is 5.19. The summed E-state index contributed by atoms with van der Waals surface area (Å²) in [6.45, 7) is 5.49. The van der Waals surface area contributed by atoms with Crippen LogP contribution in [0.4, 0.5) is 5.13 Å². The summed E-state index contributed by atoms with van der Waals surface area (Å²) in [5.41, 5.74) is 1.10.